The van der Waals surface area contributed by atoms with Crippen molar-refractivity contribution in [1.29, 1.82) is 0 Å². The number of carbonyl (C=O) groups excluding carboxylic acids is 1. The lowest BCUT2D eigenvalue weighted by atomic mass is 10.1. The number of hydrogen-bond donors (Lipinski definition) is 1. The Morgan fingerprint density at radius 1 is 1.39 bits per heavy atom. The molecule has 0 bridgehead atoms. The average molecular weight is 247 g/mol. The lowest BCUT2D eigenvalue weighted by molar-refractivity contribution is 0.0555. The van der Waals surface area contributed by atoms with Crippen LogP contribution in [-0.2, 0) is 11.2 Å². The molecule has 94 valence electrons. The molecule has 1 atom stereocenters. The molecule has 0 aromatic carbocycles. The lowest BCUT2D eigenvalue weighted by Crippen LogP contribution is -2.01. The number of aliphatic hydroxyl groups is 1. The molecule has 0 spiro atoms. The molecular formula is C13H13NO4. The van der Waals surface area contributed by atoms with Crippen LogP contribution in [0.4, 0.5) is 0 Å². The molecule has 2 aromatic heterocycles. The van der Waals surface area contributed by atoms with Crippen molar-refractivity contribution in [3.8, 4) is 0 Å². The Bertz CT molecular complexity index is 521. The van der Waals surface area contributed by atoms with E-state index in [1.165, 1.54) is 13.2 Å². The highest BCUT2D eigenvalue weighted by Gasteiger charge is 2.16. The maximum atomic E-state index is 11.2. The van der Waals surface area contributed by atoms with E-state index in [0.29, 0.717) is 12.2 Å². The Morgan fingerprint density at radius 3 is 2.78 bits per heavy atom. The minimum Gasteiger partial charge on any atom is -0.463 e. The molecule has 5 nitrogen and oxygen atoms in total. The van der Waals surface area contributed by atoms with Gasteiger partial charge in [0.2, 0.25) is 5.76 Å². The highest BCUT2D eigenvalue weighted by atomic mass is 16.5. The van der Waals surface area contributed by atoms with Gasteiger partial charge in [0.15, 0.2) is 0 Å². The number of pyridine rings is 1. The number of hydrogen-bond acceptors (Lipinski definition) is 5. The van der Waals surface area contributed by atoms with Gasteiger partial charge in [0, 0.05) is 18.8 Å². The second kappa shape index (κ2) is 5.46. The molecule has 0 fully saturated rings. The fourth-order valence-electron chi connectivity index (χ4n) is 1.58. The predicted molar refractivity (Wildman–Crippen MR) is 62.9 cm³/mol. The Morgan fingerprint density at radius 2 is 2.11 bits per heavy atom. The third-order valence-corrected chi connectivity index (χ3v) is 2.52. The van der Waals surface area contributed by atoms with E-state index >= 15 is 0 Å². The molecule has 2 heterocycles. The van der Waals surface area contributed by atoms with Crippen molar-refractivity contribution in [1.82, 2.24) is 4.98 Å². The Kier molecular flexibility index (Phi) is 3.74. The molecule has 2 aromatic rings. The van der Waals surface area contributed by atoms with Gasteiger partial charge in [-0.2, -0.15) is 0 Å². The van der Waals surface area contributed by atoms with Gasteiger partial charge in [-0.3, -0.25) is 4.98 Å². The summed E-state index contributed by atoms with van der Waals surface area (Å²) in [6.07, 6.45) is 2.91. The molecule has 0 radical (unpaired) electrons. The maximum absolute atomic E-state index is 11.2. The average Bonchev–Trinajstić information content (AvgIpc) is 2.88. The van der Waals surface area contributed by atoms with Crippen molar-refractivity contribution < 1.29 is 19.1 Å². The summed E-state index contributed by atoms with van der Waals surface area (Å²) >= 11 is 0. The summed E-state index contributed by atoms with van der Waals surface area (Å²) in [6, 6.07) is 6.68. The molecule has 0 aliphatic heterocycles. The number of ether oxygens (including phenoxy) is 1. The van der Waals surface area contributed by atoms with E-state index in [1.54, 1.807) is 18.5 Å². The number of carbonyl (C=O) groups is 1. The van der Waals surface area contributed by atoms with Gasteiger partial charge in [0.1, 0.15) is 11.9 Å². The summed E-state index contributed by atoms with van der Waals surface area (Å²) in [5.74, 6) is -0.133. The highest BCUT2D eigenvalue weighted by molar-refractivity contribution is 5.86. The highest BCUT2D eigenvalue weighted by Crippen LogP contribution is 2.20. The topological polar surface area (TPSA) is 72.6 Å². The third kappa shape index (κ3) is 2.75. The number of aromatic nitrogens is 1. The van der Waals surface area contributed by atoms with Crippen molar-refractivity contribution in [2.24, 2.45) is 0 Å². The Labute approximate surface area is 104 Å². The number of aliphatic hydroxyl groups excluding tert-OH is 1. The summed E-state index contributed by atoms with van der Waals surface area (Å²) in [4.78, 5) is 15.1. The van der Waals surface area contributed by atoms with Crippen LogP contribution >= 0.6 is 0 Å². The minimum atomic E-state index is -0.800. The van der Waals surface area contributed by atoms with E-state index in [9.17, 15) is 9.90 Å². The minimum absolute atomic E-state index is 0.0845. The monoisotopic (exact) mass is 247 g/mol. The van der Waals surface area contributed by atoms with E-state index in [1.807, 2.05) is 12.1 Å². The molecular weight excluding hydrogens is 234 g/mol. The molecule has 0 aliphatic carbocycles. The van der Waals surface area contributed by atoms with E-state index in [4.69, 9.17) is 4.42 Å². The number of methoxy groups -OCH3 is 1. The standard InChI is InChI=1S/C13H13NO4/c1-17-13(16)12-3-2-11(18-12)10(15)8-9-4-6-14-7-5-9/h2-7,10,15H,8H2,1H3. The normalized spacial score (nSPS) is 12.1. The van der Waals surface area contributed by atoms with Gasteiger partial charge in [-0.25, -0.2) is 4.79 Å². The first-order valence-electron chi connectivity index (χ1n) is 5.45. The van der Waals surface area contributed by atoms with Crippen molar-refractivity contribution in [3.05, 3.63) is 53.7 Å². The zero-order valence-corrected chi connectivity index (χ0v) is 9.87. The van der Waals surface area contributed by atoms with Crippen molar-refractivity contribution in [3.63, 3.8) is 0 Å². The zero-order valence-electron chi connectivity index (χ0n) is 9.87. The summed E-state index contributed by atoms with van der Waals surface area (Å²) in [7, 11) is 1.28. The summed E-state index contributed by atoms with van der Waals surface area (Å²) in [5.41, 5.74) is 0.938. The number of furan rings is 1. The fourth-order valence-corrected chi connectivity index (χ4v) is 1.58. The van der Waals surface area contributed by atoms with Gasteiger partial charge >= 0.3 is 5.97 Å². The van der Waals surface area contributed by atoms with Crippen LogP contribution in [0, 0.1) is 0 Å². The van der Waals surface area contributed by atoms with Gasteiger partial charge in [0.05, 0.1) is 7.11 Å². The molecule has 1 N–H and O–H groups in total. The van der Waals surface area contributed by atoms with E-state index in [-0.39, 0.29) is 5.76 Å². The Balaban J connectivity index is 2.07. The molecule has 1 unspecified atom stereocenters. The predicted octanol–water partition coefficient (Wildman–Crippen LogP) is 1.74. The number of rotatable bonds is 4. The summed E-state index contributed by atoms with van der Waals surface area (Å²) < 4.78 is 9.76. The van der Waals surface area contributed by atoms with Crippen LogP contribution in [0.25, 0.3) is 0 Å². The van der Waals surface area contributed by atoms with E-state index in [0.717, 1.165) is 5.56 Å². The SMILES string of the molecule is COC(=O)c1ccc(C(O)Cc2ccncc2)o1. The molecule has 0 saturated heterocycles. The summed E-state index contributed by atoms with van der Waals surface area (Å²) in [6.45, 7) is 0. The van der Waals surface area contributed by atoms with Gasteiger partial charge in [-0.05, 0) is 29.8 Å². The smallest absolute Gasteiger partial charge is 0.373 e. The fraction of sp³-hybridized carbons (Fsp3) is 0.231. The van der Waals surface area contributed by atoms with Gasteiger partial charge < -0.3 is 14.3 Å². The molecule has 2 rings (SSSR count). The van der Waals surface area contributed by atoms with Crippen molar-refractivity contribution in [2.45, 2.75) is 12.5 Å². The van der Waals surface area contributed by atoms with Gasteiger partial charge in [-0.15, -0.1) is 0 Å². The quantitative estimate of drug-likeness (QED) is 0.833. The van der Waals surface area contributed by atoms with E-state index in [2.05, 4.69) is 9.72 Å². The third-order valence-electron chi connectivity index (χ3n) is 2.52. The molecule has 5 heteroatoms. The Hall–Kier alpha value is -2.14. The first-order chi connectivity index (χ1) is 8.70. The molecule has 0 aliphatic rings. The number of esters is 1. The van der Waals surface area contributed by atoms with Crippen LogP contribution in [-0.4, -0.2) is 23.2 Å². The van der Waals surface area contributed by atoms with E-state index < -0.39 is 12.1 Å². The second-order valence-electron chi connectivity index (χ2n) is 3.77. The van der Waals surface area contributed by atoms with Crippen LogP contribution < -0.4 is 0 Å². The van der Waals surface area contributed by atoms with Crippen LogP contribution in [0.1, 0.15) is 28.0 Å². The number of nitrogens with zero attached hydrogens (tertiary/aromatic N) is 1. The van der Waals surface area contributed by atoms with Crippen LogP contribution in [0.2, 0.25) is 0 Å². The second-order valence-corrected chi connectivity index (χ2v) is 3.77. The van der Waals surface area contributed by atoms with Crippen LogP contribution in [0.5, 0.6) is 0 Å². The maximum Gasteiger partial charge on any atom is 0.373 e. The van der Waals surface area contributed by atoms with Crippen molar-refractivity contribution in [2.75, 3.05) is 7.11 Å². The zero-order chi connectivity index (χ0) is 13.0. The first-order valence-corrected chi connectivity index (χ1v) is 5.45. The largest absolute Gasteiger partial charge is 0.463 e. The van der Waals surface area contributed by atoms with Crippen molar-refractivity contribution >= 4 is 5.97 Å². The molecule has 0 saturated carbocycles. The van der Waals surface area contributed by atoms with Gasteiger partial charge in [-0.1, -0.05) is 0 Å². The first kappa shape index (κ1) is 12.3. The summed E-state index contributed by atoms with van der Waals surface area (Å²) in [5, 5.41) is 9.98. The van der Waals surface area contributed by atoms with Gasteiger partial charge in [0.25, 0.3) is 0 Å². The lowest BCUT2D eigenvalue weighted by Gasteiger charge is -2.07. The van der Waals surface area contributed by atoms with Crippen LogP contribution in [0.3, 0.4) is 0 Å². The molecule has 18 heavy (non-hydrogen) atoms. The van der Waals surface area contributed by atoms with Crippen LogP contribution in [0.15, 0.2) is 41.1 Å². The molecule has 0 amide bonds.